The summed E-state index contributed by atoms with van der Waals surface area (Å²) in [6.45, 7) is 6.20. The molecule has 1 atom stereocenters. The number of rotatable bonds is 5. The van der Waals surface area contributed by atoms with Crippen LogP contribution in [0.2, 0.25) is 5.02 Å². The zero-order valence-electron chi connectivity index (χ0n) is 11.5. The van der Waals surface area contributed by atoms with Gasteiger partial charge in [0.15, 0.2) is 0 Å². The number of carbonyl (C=O) groups is 1. The fourth-order valence-electron chi connectivity index (χ4n) is 1.74. The molecule has 19 heavy (non-hydrogen) atoms. The van der Waals surface area contributed by atoms with Crippen LogP contribution in [0.1, 0.15) is 25.8 Å². The lowest BCUT2D eigenvalue weighted by atomic mass is 10.1. The number of hydrogen-bond acceptors (Lipinski definition) is 2. The zero-order valence-corrected chi connectivity index (χ0v) is 12.3. The van der Waals surface area contributed by atoms with Crippen molar-refractivity contribution in [3.8, 4) is 0 Å². The van der Waals surface area contributed by atoms with E-state index in [0.29, 0.717) is 23.0 Å². The summed E-state index contributed by atoms with van der Waals surface area (Å²) in [5, 5.41) is 15.4. The Balaban J connectivity index is 2.45. The van der Waals surface area contributed by atoms with Gasteiger partial charge < -0.3 is 15.7 Å². The van der Waals surface area contributed by atoms with Crippen molar-refractivity contribution >= 4 is 23.3 Å². The van der Waals surface area contributed by atoms with E-state index in [1.54, 1.807) is 12.1 Å². The smallest absolute Gasteiger partial charge is 0.319 e. The molecule has 0 aromatic heterocycles. The Morgan fingerprint density at radius 1 is 1.42 bits per heavy atom. The Bertz CT molecular complexity index is 435. The quantitative estimate of drug-likeness (QED) is 0.778. The van der Waals surface area contributed by atoms with Gasteiger partial charge in [-0.25, -0.2) is 4.79 Å². The summed E-state index contributed by atoms with van der Waals surface area (Å²) in [7, 11) is 0. The van der Waals surface area contributed by atoms with Crippen molar-refractivity contribution in [1.29, 1.82) is 0 Å². The first kappa shape index (κ1) is 15.8. The second kappa shape index (κ2) is 7.36. The second-order valence-electron chi connectivity index (χ2n) is 5.10. The van der Waals surface area contributed by atoms with Gasteiger partial charge in [-0.3, -0.25) is 0 Å². The van der Waals surface area contributed by atoms with Crippen molar-refractivity contribution in [3.63, 3.8) is 0 Å². The number of aliphatic hydroxyl groups is 1. The summed E-state index contributed by atoms with van der Waals surface area (Å²) in [6, 6.07) is 5.04. The average Bonchev–Trinajstić information content (AvgIpc) is 2.30. The number of aliphatic hydroxyl groups excluding tert-OH is 1. The van der Waals surface area contributed by atoms with E-state index in [1.807, 2.05) is 26.8 Å². The molecule has 0 fully saturated rings. The first-order valence-corrected chi connectivity index (χ1v) is 6.75. The van der Waals surface area contributed by atoms with Crippen molar-refractivity contribution in [3.05, 3.63) is 28.8 Å². The molecule has 2 amide bonds. The maximum atomic E-state index is 11.7. The van der Waals surface area contributed by atoms with Gasteiger partial charge in [0, 0.05) is 6.54 Å². The molecule has 3 N–H and O–H groups in total. The third kappa shape index (κ3) is 5.94. The van der Waals surface area contributed by atoms with Crippen LogP contribution in [0, 0.1) is 12.8 Å². The minimum atomic E-state index is -0.529. The molecule has 0 saturated carbocycles. The van der Waals surface area contributed by atoms with Crippen molar-refractivity contribution < 1.29 is 9.90 Å². The molecule has 1 rings (SSSR count). The summed E-state index contributed by atoms with van der Waals surface area (Å²) in [6.07, 6.45) is 0.129. The number of hydrogen-bond donors (Lipinski definition) is 3. The number of nitrogens with one attached hydrogen (secondary N) is 2. The molecule has 0 bridgehead atoms. The molecule has 1 unspecified atom stereocenters. The number of aryl methyl sites for hydroxylation is 1. The summed E-state index contributed by atoms with van der Waals surface area (Å²) in [5.74, 6) is 0.395. The number of anilines is 1. The van der Waals surface area contributed by atoms with Gasteiger partial charge in [0.25, 0.3) is 0 Å². The van der Waals surface area contributed by atoms with Crippen LogP contribution < -0.4 is 10.6 Å². The van der Waals surface area contributed by atoms with E-state index in [-0.39, 0.29) is 12.6 Å². The van der Waals surface area contributed by atoms with E-state index in [0.717, 1.165) is 5.56 Å². The van der Waals surface area contributed by atoms with Crippen LogP contribution in [0.25, 0.3) is 0 Å². The lowest BCUT2D eigenvalue weighted by molar-refractivity contribution is 0.148. The third-order valence-corrected chi connectivity index (χ3v) is 2.94. The Kier molecular flexibility index (Phi) is 6.12. The Hall–Kier alpha value is -1.26. The van der Waals surface area contributed by atoms with Crippen molar-refractivity contribution in [2.75, 3.05) is 11.9 Å². The minimum Gasteiger partial charge on any atom is -0.391 e. The molecule has 1 aromatic rings. The van der Waals surface area contributed by atoms with E-state index in [9.17, 15) is 9.90 Å². The largest absolute Gasteiger partial charge is 0.391 e. The molecule has 0 radical (unpaired) electrons. The molecule has 0 heterocycles. The first-order valence-electron chi connectivity index (χ1n) is 6.37. The van der Waals surface area contributed by atoms with E-state index in [4.69, 9.17) is 11.6 Å². The van der Waals surface area contributed by atoms with E-state index < -0.39 is 6.10 Å². The molecule has 5 heteroatoms. The van der Waals surface area contributed by atoms with E-state index >= 15 is 0 Å². The fraction of sp³-hybridized carbons (Fsp3) is 0.500. The lowest BCUT2D eigenvalue weighted by Gasteiger charge is -2.14. The molecule has 0 aliphatic heterocycles. The van der Waals surface area contributed by atoms with Gasteiger partial charge in [-0.15, -0.1) is 0 Å². The van der Waals surface area contributed by atoms with Gasteiger partial charge in [0.1, 0.15) is 0 Å². The lowest BCUT2D eigenvalue weighted by Crippen LogP contribution is -2.35. The van der Waals surface area contributed by atoms with Crippen molar-refractivity contribution in [2.24, 2.45) is 5.92 Å². The number of benzene rings is 1. The van der Waals surface area contributed by atoms with Gasteiger partial charge in [-0.2, -0.15) is 0 Å². The van der Waals surface area contributed by atoms with Crippen LogP contribution >= 0.6 is 11.6 Å². The Morgan fingerprint density at radius 2 is 2.11 bits per heavy atom. The maximum absolute atomic E-state index is 11.7. The predicted octanol–water partition coefficient (Wildman–Crippen LogP) is 3.18. The predicted molar refractivity (Wildman–Crippen MR) is 78.7 cm³/mol. The topological polar surface area (TPSA) is 61.4 Å². The normalized spacial score (nSPS) is 12.3. The monoisotopic (exact) mass is 284 g/mol. The van der Waals surface area contributed by atoms with E-state index in [2.05, 4.69) is 10.6 Å². The first-order chi connectivity index (χ1) is 8.88. The number of amides is 2. The summed E-state index contributed by atoms with van der Waals surface area (Å²) in [5.41, 5.74) is 1.58. The molecule has 4 nitrogen and oxygen atoms in total. The third-order valence-electron chi connectivity index (χ3n) is 2.61. The highest BCUT2D eigenvalue weighted by atomic mass is 35.5. The van der Waals surface area contributed by atoms with Gasteiger partial charge in [0.2, 0.25) is 0 Å². The summed E-state index contributed by atoms with van der Waals surface area (Å²) >= 11 is 5.98. The number of urea groups is 1. The number of halogens is 1. The average molecular weight is 285 g/mol. The molecule has 106 valence electrons. The van der Waals surface area contributed by atoms with Gasteiger partial charge in [-0.05, 0) is 37.0 Å². The molecule has 0 aliphatic carbocycles. The highest BCUT2D eigenvalue weighted by molar-refractivity contribution is 6.33. The molecular weight excluding hydrogens is 264 g/mol. The molecule has 1 aromatic carbocycles. The summed E-state index contributed by atoms with van der Waals surface area (Å²) < 4.78 is 0. The maximum Gasteiger partial charge on any atom is 0.319 e. The van der Waals surface area contributed by atoms with Crippen molar-refractivity contribution in [2.45, 2.75) is 33.3 Å². The standard InChI is InChI=1S/C14H21ClN2O2/c1-9(2)6-11(18)8-16-14(19)17-13-7-10(3)4-5-12(13)15/h4-5,7,9,11,18H,6,8H2,1-3H3,(H2,16,17,19). The fourth-order valence-corrected chi connectivity index (χ4v) is 1.90. The second-order valence-corrected chi connectivity index (χ2v) is 5.51. The Labute approximate surface area is 119 Å². The van der Waals surface area contributed by atoms with Crippen LogP contribution in [0.3, 0.4) is 0 Å². The highest BCUT2D eigenvalue weighted by Crippen LogP contribution is 2.22. The molecular formula is C14H21ClN2O2. The van der Waals surface area contributed by atoms with Gasteiger partial charge in [0.05, 0.1) is 16.8 Å². The van der Waals surface area contributed by atoms with Crippen LogP contribution in [0.5, 0.6) is 0 Å². The Morgan fingerprint density at radius 3 is 2.74 bits per heavy atom. The van der Waals surface area contributed by atoms with Crippen LogP contribution in [0.15, 0.2) is 18.2 Å². The van der Waals surface area contributed by atoms with Crippen LogP contribution in [-0.2, 0) is 0 Å². The molecule has 0 saturated heterocycles. The highest BCUT2D eigenvalue weighted by Gasteiger charge is 2.10. The van der Waals surface area contributed by atoms with E-state index in [1.165, 1.54) is 0 Å². The molecule has 0 aliphatic rings. The minimum absolute atomic E-state index is 0.230. The van der Waals surface area contributed by atoms with Crippen molar-refractivity contribution in [1.82, 2.24) is 5.32 Å². The summed E-state index contributed by atoms with van der Waals surface area (Å²) in [4.78, 5) is 11.7. The SMILES string of the molecule is Cc1ccc(Cl)c(NC(=O)NCC(O)CC(C)C)c1. The molecule has 0 spiro atoms. The van der Waals surface area contributed by atoms with Crippen LogP contribution in [0.4, 0.5) is 10.5 Å². The number of carbonyl (C=O) groups excluding carboxylic acids is 1. The zero-order chi connectivity index (χ0) is 14.4. The van der Waals surface area contributed by atoms with Crippen LogP contribution in [-0.4, -0.2) is 23.8 Å². The van der Waals surface area contributed by atoms with Gasteiger partial charge >= 0.3 is 6.03 Å². The van der Waals surface area contributed by atoms with Gasteiger partial charge in [-0.1, -0.05) is 31.5 Å².